The van der Waals surface area contributed by atoms with Gasteiger partial charge >= 0.3 is 5.97 Å². The van der Waals surface area contributed by atoms with Gasteiger partial charge < -0.3 is 44.0 Å². The molecule has 3 N–H and O–H groups in total. The van der Waals surface area contributed by atoms with Gasteiger partial charge in [-0.3, -0.25) is 4.79 Å². The lowest BCUT2D eigenvalue weighted by Gasteiger charge is -2.19. The van der Waals surface area contributed by atoms with Gasteiger partial charge in [-0.15, -0.1) is 0 Å². The summed E-state index contributed by atoms with van der Waals surface area (Å²) < 4.78 is 32.1. The first-order valence-electron chi connectivity index (χ1n) is 12.4. The number of aliphatic carboxylic acids is 1. The van der Waals surface area contributed by atoms with Crippen molar-refractivity contribution in [2.45, 2.75) is 52.5 Å². The lowest BCUT2D eigenvalue weighted by molar-refractivity contribution is -0.139. The molecule has 0 aromatic rings. The molecule has 0 aliphatic carbocycles. The first-order valence-corrected chi connectivity index (χ1v) is 12.4. The molecule has 0 aliphatic rings. The minimum absolute atomic E-state index is 0.0224. The molecule has 10 nitrogen and oxygen atoms in total. The van der Waals surface area contributed by atoms with Gasteiger partial charge in [0.05, 0.1) is 85.9 Å². The van der Waals surface area contributed by atoms with Crippen molar-refractivity contribution in [1.29, 1.82) is 0 Å². The molecule has 34 heavy (non-hydrogen) atoms. The molecular weight excluding hydrogens is 446 g/mol. The minimum Gasteiger partial charge on any atom is -0.480 e. The summed E-state index contributed by atoms with van der Waals surface area (Å²) in [6.07, 6.45) is 3.68. The average molecular weight is 496 g/mol. The number of nitrogens with one attached hydrogen (secondary N) is 1. The number of carboxylic acid groups (broad SMARTS) is 1. The normalized spacial score (nSPS) is 12.8. The van der Waals surface area contributed by atoms with Gasteiger partial charge in [0.1, 0.15) is 6.04 Å². The van der Waals surface area contributed by atoms with Crippen molar-refractivity contribution in [3.8, 4) is 0 Å². The van der Waals surface area contributed by atoms with Crippen molar-refractivity contribution in [2.75, 3.05) is 92.4 Å². The molecule has 0 rings (SSSR count). The van der Waals surface area contributed by atoms with E-state index in [0.29, 0.717) is 92.2 Å². The molecule has 0 amide bonds. The first kappa shape index (κ1) is 33.1. The topological polar surface area (TPSA) is 125 Å². The van der Waals surface area contributed by atoms with Gasteiger partial charge in [0.15, 0.2) is 0 Å². The van der Waals surface area contributed by atoms with E-state index in [9.17, 15) is 9.90 Å². The summed E-state index contributed by atoms with van der Waals surface area (Å²) in [5, 5.41) is 20.9. The summed E-state index contributed by atoms with van der Waals surface area (Å²) in [6, 6.07) is -0.523. The van der Waals surface area contributed by atoms with Crippen molar-refractivity contribution >= 4 is 5.97 Å². The van der Waals surface area contributed by atoms with Gasteiger partial charge in [-0.05, 0) is 18.3 Å². The molecule has 0 aliphatic heterocycles. The molecule has 0 aromatic carbocycles. The Hall–Kier alpha value is -0.850. The molecule has 0 fully saturated rings. The number of rotatable bonds is 26. The van der Waals surface area contributed by atoms with E-state index < -0.39 is 12.0 Å². The second-order valence-corrected chi connectivity index (χ2v) is 9.05. The maximum Gasteiger partial charge on any atom is 0.320 e. The number of ether oxygens (including phenoxy) is 6. The van der Waals surface area contributed by atoms with Crippen molar-refractivity contribution in [3.05, 3.63) is 0 Å². The molecule has 0 spiro atoms. The van der Waals surface area contributed by atoms with Crippen LogP contribution in [0.1, 0.15) is 46.5 Å². The minimum atomic E-state index is -0.807. The van der Waals surface area contributed by atoms with Crippen LogP contribution in [0.5, 0.6) is 0 Å². The molecule has 0 saturated carbocycles. The highest BCUT2D eigenvalue weighted by Gasteiger charge is 2.17. The molecule has 0 aromatic heterocycles. The molecule has 10 heteroatoms. The van der Waals surface area contributed by atoms with E-state index in [2.05, 4.69) is 26.1 Å². The van der Waals surface area contributed by atoms with Gasteiger partial charge in [0, 0.05) is 6.54 Å². The average Bonchev–Trinajstić information content (AvgIpc) is 2.78. The Kier molecular flexibility index (Phi) is 23.3. The Morgan fingerprint density at radius 1 is 0.706 bits per heavy atom. The number of carboxylic acids is 1. The van der Waals surface area contributed by atoms with Gasteiger partial charge in [0.25, 0.3) is 0 Å². The van der Waals surface area contributed by atoms with Crippen molar-refractivity contribution in [1.82, 2.24) is 5.32 Å². The predicted octanol–water partition coefficient (Wildman–Crippen LogP) is 1.73. The van der Waals surface area contributed by atoms with Crippen LogP contribution in [0.25, 0.3) is 0 Å². The Morgan fingerprint density at radius 2 is 1.12 bits per heavy atom. The van der Waals surface area contributed by atoms with Crippen LogP contribution in [0.3, 0.4) is 0 Å². The van der Waals surface area contributed by atoms with Crippen LogP contribution < -0.4 is 5.32 Å². The third-order valence-corrected chi connectivity index (χ3v) is 4.70. The third kappa shape index (κ3) is 25.8. The summed E-state index contributed by atoms with van der Waals surface area (Å²) in [7, 11) is 0. The molecule has 0 heterocycles. The lowest BCUT2D eigenvalue weighted by Crippen LogP contribution is -2.38. The maximum absolute atomic E-state index is 11.4. The van der Waals surface area contributed by atoms with E-state index in [-0.39, 0.29) is 12.0 Å². The van der Waals surface area contributed by atoms with Crippen LogP contribution >= 0.6 is 0 Å². The molecule has 0 saturated heterocycles. The summed E-state index contributed by atoms with van der Waals surface area (Å²) in [4.78, 5) is 11.4. The second kappa shape index (κ2) is 23.9. The van der Waals surface area contributed by atoms with Crippen LogP contribution in [0.15, 0.2) is 0 Å². The highest BCUT2D eigenvalue weighted by Crippen LogP contribution is 2.22. The number of aliphatic hydroxyl groups is 1. The highest BCUT2D eigenvalue weighted by atomic mass is 16.6. The van der Waals surface area contributed by atoms with E-state index in [1.54, 1.807) is 0 Å². The van der Waals surface area contributed by atoms with Crippen molar-refractivity contribution in [2.24, 2.45) is 5.41 Å². The highest BCUT2D eigenvalue weighted by molar-refractivity contribution is 5.73. The molecular formula is C24H49NO9. The summed E-state index contributed by atoms with van der Waals surface area (Å²) >= 11 is 0. The molecule has 0 radical (unpaired) electrons. The molecule has 1 unspecified atom stereocenters. The quantitative estimate of drug-likeness (QED) is 0.153. The van der Waals surface area contributed by atoms with E-state index in [1.807, 2.05) is 0 Å². The molecule has 204 valence electrons. The Morgan fingerprint density at radius 3 is 1.50 bits per heavy atom. The zero-order chi connectivity index (χ0) is 25.3. The zero-order valence-electron chi connectivity index (χ0n) is 21.6. The van der Waals surface area contributed by atoms with Gasteiger partial charge in [-0.2, -0.15) is 0 Å². The number of hydrogen-bond donors (Lipinski definition) is 3. The SMILES string of the molecule is CC(C)(C)CCCCC(NCCOCCOCCOCCOCCOCCOCCO)C(=O)O. The Labute approximate surface area is 205 Å². The van der Waals surface area contributed by atoms with E-state index >= 15 is 0 Å². The molecule has 0 bridgehead atoms. The monoisotopic (exact) mass is 495 g/mol. The number of unbranched alkanes of at least 4 members (excludes halogenated alkanes) is 1. The largest absolute Gasteiger partial charge is 0.480 e. The smallest absolute Gasteiger partial charge is 0.320 e. The fraction of sp³-hybridized carbons (Fsp3) is 0.958. The second-order valence-electron chi connectivity index (χ2n) is 9.05. The lowest BCUT2D eigenvalue weighted by atomic mass is 9.89. The first-order chi connectivity index (χ1) is 16.4. The van der Waals surface area contributed by atoms with E-state index in [0.717, 1.165) is 19.3 Å². The van der Waals surface area contributed by atoms with Crippen LogP contribution in [0.2, 0.25) is 0 Å². The van der Waals surface area contributed by atoms with Gasteiger partial charge in [-0.1, -0.05) is 33.6 Å². The van der Waals surface area contributed by atoms with Crippen LogP contribution in [-0.2, 0) is 33.2 Å². The predicted molar refractivity (Wildman–Crippen MR) is 129 cm³/mol. The van der Waals surface area contributed by atoms with Crippen LogP contribution in [-0.4, -0.2) is 115 Å². The summed E-state index contributed by atoms with van der Waals surface area (Å²) in [5.41, 5.74) is 0.288. The fourth-order valence-corrected chi connectivity index (χ4v) is 2.89. The Bertz CT molecular complexity index is 447. The number of aliphatic hydroxyl groups excluding tert-OH is 1. The number of hydrogen-bond acceptors (Lipinski definition) is 9. The summed E-state index contributed by atoms with van der Waals surface area (Å²) in [6.45, 7) is 12.7. The van der Waals surface area contributed by atoms with E-state index in [4.69, 9.17) is 33.5 Å². The van der Waals surface area contributed by atoms with Gasteiger partial charge in [0.2, 0.25) is 0 Å². The standard InChI is InChI=1S/C24H49NO9/c1-24(2,3)7-5-4-6-22(23(27)28)25-8-10-29-12-14-31-16-18-33-20-21-34-19-17-32-15-13-30-11-9-26/h22,25-26H,4-21H2,1-3H3,(H,27,28). The maximum atomic E-state index is 11.4. The fourth-order valence-electron chi connectivity index (χ4n) is 2.89. The van der Waals surface area contributed by atoms with Crippen molar-refractivity contribution < 1.29 is 43.4 Å². The Balaban J connectivity index is 3.33. The zero-order valence-corrected chi connectivity index (χ0v) is 21.6. The van der Waals surface area contributed by atoms with Crippen LogP contribution in [0.4, 0.5) is 0 Å². The number of carbonyl (C=O) groups is 1. The van der Waals surface area contributed by atoms with Crippen molar-refractivity contribution in [3.63, 3.8) is 0 Å². The molecule has 1 atom stereocenters. The van der Waals surface area contributed by atoms with Gasteiger partial charge in [-0.25, -0.2) is 0 Å². The van der Waals surface area contributed by atoms with E-state index in [1.165, 1.54) is 0 Å². The van der Waals surface area contributed by atoms with Crippen LogP contribution in [0, 0.1) is 5.41 Å². The summed E-state index contributed by atoms with van der Waals surface area (Å²) in [5.74, 6) is -0.807. The third-order valence-electron chi connectivity index (χ3n) is 4.70.